The molecule has 0 spiro atoms. The Kier molecular flexibility index (Phi) is 4.71. The third-order valence-corrected chi connectivity index (χ3v) is 5.24. The van der Waals surface area contributed by atoms with Crippen LogP contribution in [0.2, 0.25) is 0 Å². The number of amides is 1. The molecule has 0 radical (unpaired) electrons. The number of para-hydroxylation sites is 1. The van der Waals surface area contributed by atoms with Crippen LogP contribution in [0.3, 0.4) is 0 Å². The Bertz CT molecular complexity index is 692. The molecule has 1 aromatic carbocycles. The van der Waals surface area contributed by atoms with E-state index in [9.17, 15) is 9.90 Å². The molecule has 23 heavy (non-hydrogen) atoms. The zero-order valence-electron chi connectivity index (χ0n) is 14.0. The van der Waals surface area contributed by atoms with Gasteiger partial charge in [-0.3, -0.25) is 4.79 Å². The van der Waals surface area contributed by atoms with E-state index >= 15 is 0 Å². The number of aromatic amines is 1. The number of fused-ring (bicyclic) bond motifs is 1. The van der Waals surface area contributed by atoms with Gasteiger partial charge in [0.05, 0.1) is 12.6 Å². The lowest BCUT2D eigenvalue weighted by Crippen LogP contribution is -2.49. The number of rotatable bonds is 4. The Hall–Kier alpha value is -1.81. The minimum Gasteiger partial charge on any atom is -0.394 e. The van der Waals surface area contributed by atoms with Gasteiger partial charge in [-0.15, -0.1) is 0 Å². The van der Waals surface area contributed by atoms with Gasteiger partial charge in [0.15, 0.2) is 0 Å². The van der Waals surface area contributed by atoms with Gasteiger partial charge in [0, 0.05) is 30.1 Å². The third-order valence-electron chi connectivity index (χ3n) is 5.24. The SMILES string of the molecule is Cc1cccc2c(CCC(=O)N3CCCC(C)C3CO)c[nH]c12. The second-order valence-corrected chi connectivity index (χ2v) is 6.77. The van der Waals surface area contributed by atoms with E-state index in [4.69, 9.17) is 0 Å². The van der Waals surface area contributed by atoms with Crippen molar-refractivity contribution >= 4 is 16.8 Å². The van der Waals surface area contributed by atoms with Crippen LogP contribution in [-0.4, -0.2) is 40.1 Å². The predicted octanol–water partition coefficient (Wildman–Crippen LogP) is 3.03. The molecule has 0 aliphatic carbocycles. The number of nitrogens with zero attached hydrogens (tertiary/aromatic N) is 1. The van der Waals surface area contributed by atoms with E-state index in [0.717, 1.165) is 31.3 Å². The van der Waals surface area contributed by atoms with E-state index in [2.05, 4.69) is 37.0 Å². The summed E-state index contributed by atoms with van der Waals surface area (Å²) in [5, 5.41) is 10.8. The average Bonchev–Trinajstić information content (AvgIpc) is 2.97. The van der Waals surface area contributed by atoms with Crippen molar-refractivity contribution in [1.29, 1.82) is 0 Å². The molecule has 1 amide bonds. The lowest BCUT2D eigenvalue weighted by atomic mass is 9.91. The van der Waals surface area contributed by atoms with Crippen LogP contribution in [0.15, 0.2) is 24.4 Å². The monoisotopic (exact) mass is 314 g/mol. The van der Waals surface area contributed by atoms with Gasteiger partial charge in [0.1, 0.15) is 0 Å². The number of piperidine rings is 1. The Morgan fingerprint density at radius 1 is 1.43 bits per heavy atom. The summed E-state index contributed by atoms with van der Waals surface area (Å²) in [6.45, 7) is 5.07. The fourth-order valence-electron chi connectivity index (χ4n) is 3.79. The third kappa shape index (κ3) is 3.13. The highest BCUT2D eigenvalue weighted by Gasteiger charge is 2.30. The normalized spacial score (nSPS) is 21.8. The Balaban J connectivity index is 1.69. The molecule has 1 aliphatic heterocycles. The molecule has 1 saturated heterocycles. The van der Waals surface area contributed by atoms with E-state index in [1.807, 2.05) is 11.1 Å². The molecule has 2 atom stereocenters. The summed E-state index contributed by atoms with van der Waals surface area (Å²) in [6, 6.07) is 6.25. The van der Waals surface area contributed by atoms with E-state index in [0.29, 0.717) is 12.3 Å². The van der Waals surface area contributed by atoms with Crippen molar-refractivity contribution in [1.82, 2.24) is 9.88 Å². The average molecular weight is 314 g/mol. The second-order valence-electron chi connectivity index (χ2n) is 6.77. The first-order chi connectivity index (χ1) is 11.1. The number of benzene rings is 1. The Morgan fingerprint density at radius 2 is 2.26 bits per heavy atom. The summed E-state index contributed by atoms with van der Waals surface area (Å²) in [4.78, 5) is 17.8. The van der Waals surface area contributed by atoms with Crippen molar-refractivity contribution in [2.24, 2.45) is 5.92 Å². The number of H-pyrrole nitrogens is 1. The van der Waals surface area contributed by atoms with Gasteiger partial charge >= 0.3 is 0 Å². The highest BCUT2D eigenvalue weighted by atomic mass is 16.3. The summed E-state index contributed by atoms with van der Waals surface area (Å²) in [6.07, 6.45) is 5.40. The smallest absolute Gasteiger partial charge is 0.223 e. The van der Waals surface area contributed by atoms with Crippen LogP contribution in [0.1, 0.15) is 37.3 Å². The molecule has 1 aromatic heterocycles. The summed E-state index contributed by atoms with van der Waals surface area (Å²) >= 11 is 0. The molecule has 1 aliphatic rings. The van der Waals surface area contributed by atoms with Crippen molar-refractivity contribution in [3.05, 3.63) is 35.5 Å². The Labute approximate surface area is 137 Å². The molecule has 4 nitrogen and oxygen atoms in total. The van der Waals surface area contributed by atoms with E-state index in [1.165, 1.54) is 16.5 Å². The van der Waals surface area contributed by atoms with Gasteiger partial charge in [0.2, 0.25) is 5.91 Å². The van der Waals surface area contributed by atoms with Crippen molar-refractivity contribution in [3.63, 3.8) is 0 Å². The zero-order chi connectivity index (χ0) is 16.4. The molecule has 2 N–H and O–H groups in total. The maximum atomic E-state index is 12.6. The van der Waals surface area contributed by atoms with Gasteiger partial charge in [-0.25, -0.2) is 0 Å². The summed E-state index contributed by atoms with van der Waals surface area (Å²) < 4.78 is 0. The fourth-order valence-corrected chi connectivity index (χ4v) is 3.79. The lowest BCUT2D eigenvalue weighted by molar-refractivity contribution is -0.137. The number of aliphatic hydroxyl groups excluding tert-OH is 1. The number of hydrogen-bond acceptors (Lipinski definition) is 2. The molecule has 3 rings (SSSR count). The molecule has 0 bridgehead atoms. The number of carbonyl (C=O) groups excluding carboxylic acids is 1. The van der Waals surface area contributed by atoms with E-state index in [1.54, 1.807) is 0 Å². The van der Waals surface area contributed by atoms with Crippen LogP contribution in [-0.2, 0) is 11.2 Å². The van der Waals surface area contributed by atoms with E-state index in [-0.39, 0.29) is 18.6 Å². The van der Waals surface area contributed by atoms with Gasteiger partial charge in [-0.05, 0) is 43.2 Å². The maximum absolute atomic E-state index is 12.6. The first-order valence-corrected chi connectivity index (χ1v) is 8.57. The number of nitrogens with one attached hydrogen (secondary N) is 1. The number of aliphatic hydroxyl groups is 1. The quantitative estimate of drug-likeness (QED) is 0.911. The second kappa shape index (κ2) is 6.75. The largest absolute Gasteiger partial charge is 0.394 e. The number of likely N-dealkylation sites (tertiary alicyclic amines) is 1. The van der Waals surface area contributed by atoms with Gasteiger partial charge < -0.3 is 15.0 Å². The predicted molar refractivity (Wildman–Crippen MR) is 92.3 cm³/mol. The van der Waals surface area contributed by atoms with Crippen molar-refractivity contribution < 1.29 is 9.90 Å². The van der Waals surface area contributed by atoms with Crippen molar-refractivity contribution in [3.8, 4) is 0 Å². The van der Waals surface area contributed by atoms with Crippen LogP contribution in [0.5, 0.6) is 0 Å². The topological polar surface area (TPSA) is 56.3 Å². The fraction of sp³-hybridized carbons (Fsp3) is 0.526. The maximum Gasteiger partial charge on any atom is 0.223 e. The van der Waals surface area contributed by atoms with Crippen LogP contribution in [0.25, 0.3) is 10.9 Å². The van der Waals surface area contributed by atoms with Crippen LogP contribution >= 0.6 is 0 Å². The molecule has 2 unspecified atom stereocenters. The zero-order valence-corrected chi connectivity index (χ0v) is 14.0. The molecule has 124 valence electrons. The molecule has 1 fully saturated rings. The number of carbonyl (C=O) groups is 1. The number of hydrogen-bond donors (Lipinski definition) is 2. The Morgan fingerprint density at radius 3 is 3.04 bits per heavy atom. The molecule has 2 heterocycles. The first kappa shape index (κ1) is 16.1. The van der Waals surface area contributed by atoms with Crippen LogP contribution < -0.4 is 0 Å². The minimum atomic E-state index is -0.0125. The van der Waals surface area contributed by atoms with Gasteiger partial charge in [-0.2, -0.15) is 0 Å². The van der Waals surface area contributed by atoms with Crippen LogP contribution in [0, 0.1) is 12.8 Å². The van der Waals surface area contributed by atoms with Crippen molar-refractivity contribution in [2.75, 3.05) is 13.2 Å². The summed E-state index contributed by atoms with van der Waals surface area (Å²) in [7, 11) is 0. The highest BCUT2D eigenvalue weighted by Crippen LogP contribution is 2.25. The molecular weight excluding hydrogens is 288 g/mol. The highest BCUT2D eigenvalue weighted by molar-refractivity contribution is 5.86. The summed E-state index contributed by atoms with van der Waals surface area (Å²) in [5.41, 5.74) is 3.59. The molecule has 2 aromatic rings. The standard InChI is InChI=1S/C19H26N2O2/c1-13-6-4-10-21(17(13)12-22)18(23)9-8-15-11-20-19-14(2)5-3-7-16(15)19/h3,5,7,11,13,17,20,22H,4,6,8-10,12H2,1-2H3. The lowest BCUT2D eigenvalue weighted by Gasteiger charge is -2.39. The van der Waals surface area contributed by atoms with E-state index < -0.39 is 0 Å². The van der Waals surface area contributed by atoms with Crippen molar-refractivity contribution in [2.45, 2.75) is 45.6 Å². The van der Waals surface area contributed by atoms with Gasteiger partial charge in [-0.1, -0.05) is 25.1 Å². The number of aryl methyl sites for hydroxylation is 2. The van der Waals surface area contributed by atoms with Gasteiger partial charge in [0.25, 0.3) is 0 Å². The van der Waals surface area contributed by atoms with Crippen LogP contribution in [0.4, 0.5) is 0 Å². The molecule has 4 heteroatoms. The first-order valence-electron chi connectivity index (χ1n) is 8.57. The minimum absolute atomic E-state index is 0.0125. The number of aromatic nitrogens is 1. The molecule has 0 saturated carbocycles. The summed E-state index contributed by atoms with van der Waals surface area (Å²) in [5.74, 6) is 0.547. The molecular formula is C19H26N2O2.